The van der Waals surface area contributed by atoms with Crippen molar-refractivity contribution in [2.45, 2.75) is 38.8 Å². The minimum absolute atomic E-state index is 0.118. The average molecular weight is 353 g/mol. The molecule has 1 amide bonds. The molecule has 0 radical (unpaired) electrons. The number of aromatic amines is 1. The maximum Gasteiger partial charge on any atom is 0.220 e. The largest absolute Gasteiger partial charge is 0.380 e. The second-order valence-electron chi connectivity index (χ2n) is 6.53. The number of amides is 1. The highest BCUT2D eigenvalue weighted by atomic mass is 16.5. The van der Waals surface area contributed by atoms with Crippen LogP contribution in [-0.4, -0.2) is 44.9 Å². The molecule has 3 aromatic rings. The van der Waals surface area contributed by atoms with Gasteiger partial charge in [0.05, 0.1) is 13.2 Å². The molecule has 4 rings (SSSR count). The van der Waals surface area contributed by atoms with Gasteiger partial charge < -0.3 is 15.0 Å². The summed E-state index contributed by atoms with van der Waals surface area (Å²) in [6.07, 6.45) is 4.08. The van der Waals surface area contributed by atoms with Gasteiger partial charge in [0.1, 0.15) is 5.82 Å². The van der Waals surface area contributed by atoms with E-state index in [1.54, 1.807) is 0 Å². The van der Waals surface area contributed by atoms with E-state index in [1.165, 1.54) is 0 Å². The number of rotatable bonds is 7. The van der Waals surface area contributed by atoms with Crippen LogP contribution in [0.4, 0.5) is 0 Å². The highest BCUT2D eigenvalue weighted by molar-refractivity contribution is 5.93. The maximum absolute atomic E-state index is 11.5. The van der Waals surface area contributed by atoms with E-state index in [4.69, 9.17) is 14.8 Å². The number of carbonyl (C=O) groups is 1. The van der Waals surface area contributed by atoms with Crippen LogP contribution in [0.5, 0.6) is 0 Å². The van der Waals surface area contributed by atoms with E-state index in [0.717, 1.165) is 28.7 Å². The van der Waals surface area contributed by atoms with Crippen LogP contribution in [0, 0.1) is 0 Å². The van der Waals surface area contributed by atoms with E-state index in [0.29, 0.717) is 38.4 Å². The molecule has 2 N–H and O–H groups in total. The van der Waals surface area contributed by atoms with Crippen LogP contribution < -0.4 is 5.32 Å². The fourth-order valence-corrected chi connectivity index (χ4v) is 3.42. The predicted molar refractivity (Wildman–Crippen MR) is 98.7 cm³/mol. The molecular formula is C19H23N5O2. The average Bonchev–Trinajstić information content (AvgIpc) is 3.34. The molecule has 0 spiro atoms. The van der Waals surface area contributed by atoms with E-state index in [2.05, 4.69) is 16.4 Å². The van der Waals surface area contributed by atoms with Crippen molar-refractivity contribution in [2.75, 3.05) is 13.2 Å². The minimum atomic E-state index is 0.118. The van der Waals surface area contributed by atoms with Crippen LogP contribution in [0.15, 0.2) is 30.5 Å². The molecule has 0 saturated carbocycles. The number of carbonyl (C=O) groups excluding carboxylic acids is 1. The van der Waals surface area contributed by atoms with Crippen LogP contribution in [0.3, 0.4) is 0 Å². The Bertz CT molecular complexity index is 914. The summed E-state index contributed by atoms with van der Waals surface area (Å²) in [6, 6.07) is 8.26. The molecule has 1 aromatic carbocycles. The Balaban J connectivity index is 1.64. The zero-order valence-electron chi connectivity index (χ0n) is 14.9. The number of aromatic nitrogens is 4. The van der Waals surface area contributed by atoms with Crippen LogP contribution in [0.2, 0.25) is 0 Å². The highest BCUT2D eigenvalue weighted by Crippen LogP contribution is 2.26. The lowest BCUT2D eigenvalue weighted by Gasteiger charge is -2.10. The number of benzene rings is 1. The number of H-pyrrole nitrogens is 1. The molecule has 0 bridgehead atoms. The molecule has 1 fully saturated rings. The van der Waals surface area contributed by atoms with Gasteiger partial charge in [-0.05, 0) is 19.4 Å². The van der Waals surface area contributed by atoms with Crippen molar-refractivity contribution in [3.8, 4) is 11.4 Å². The molecule has 1 aliphatic rings. The number of fused-ring (bicyclic) bond motifs is 1. The number of para-hydroxylation sites is 1. The normalized spacial score (nSPS) is 17.1. The van der Waals surface area contributed by atoms with E-state index in [-0.39, 0.29) is 11.9 Å². The molecule has 0 aliphatic carbocycles. The van der Waals surface area contributed by atoms with E-state index >= 15 is 0 Å². The number of nitrogens with one attached hydrogen (secondary N) is 2. The Hall–Kier alpha value is -2.67. The van der Waals surface area contributed by atoms with Gasteiger partial charge in [-0.15, -0.1) is 0 Å². The Morgan fingerprint density at radius 1 is 1.35 bits per heavy atom. The van der Waals surface area contributed by atoms with Gasteiger partial charge in [-0.2, -0.15) is 5.10 Å². The fraction of sp³-hybridized carbons (Fsp3) is 0.421. The summed E-state index contributed by atoms with van der Waals surface area (Å²) < 4.78 is 7.40. The molecule has 1 atom stereocenters. The van der Waals surface area contributed by atoms with Crippen LogP contribution >= 0.6 is 0 Å². The molecular weight excluding hydrogens is 330 g/mol. The van der Waals surface area contributed by atoms with Gasteiger partial charge >= 0.3 is 0 Å². The van der Waals surface area contributed by atoms with Crippen molar-refractivity contribution in [1.29, 1.82) is 0 Å². The molecule has 26 heavy (non-hydrogen) atoms. The van der Waals surface area contributed by atoms with Crippen molar-refractivity contribution in [3.05, 3.63) is 36.3 Å². The zero-order valence-corrected chi connectivity index (χ0v) is 14.9. The third-order valence-corrected chi connectivity index (χ3v) is 4.74. The van der Waals surface area contributed by atoms with E-state index in [1.807, 2.05) is 36.0 Å². The van der Waals surface area contributed by atoms with Gasteiger partial charge in [-0.1, -0.05) is 18.2 Å². The molecule has 7 nitrogen and oxygen atoms in total. The quantitative estimate of drug-likeness (QED) is 0.638. The number of hydrogen-bond donors (Lipinski definition) is 2. The summed E-state index contributed by atoms with van der Waals surface area (Å²) in [5, 5.41) is 8.85. The number of hydrogen-bond acceptors (Lipinski definition) is 4. The first kappa shape index (κ1) is 16.8. The first-order valence-electron chi connectivity index (χ1n) is 9.12. The monoisotopic (exact) mass is 353 g/mol. The van der Waals surface area contributed by atoms with Crippen LogP contribution in [0.25, 0.3) is 22.3 Å². The summed E-state index contributed by atoms with van der Waals surface area (Å²) in [5.41, 5.74) is 2.06. The summed E-state index contributed by atoms with van der Waals surface area (Å²) in [4.78, 5) is 19.6. The minimum Gasteiger partial charge on any atom is -0.380 e. The van der Waals surface area contributed by atoms with Crippen LogP contribution in [0.1, 0.15) is 25.6 Å². The topological polar surface area (TPSA) is 84.8 Å². The third kappa shape index (κ3) is 3.35. The summed E-state index contributed by atoms with van der Waals surface area (Å²) >= 11 is 0. The van der Waals surface area contributed by atoms with Crippen molar-refractivity contribution < 1.29 is 9.53 Å². The van der Waals surface area contributed by atoms with Crippen molar-refractivity contribution in [1.82, 2.24) is 25.1 Å². The summed E-state index contributed by atoms with van der Waals surface area (Å²) in [5.74, 6) is 1.71. The lowest BCUT2D eigenvalue weighted by molar-refractivity contribution is -0.119. The lowest BCUT2D eigenvalue weighted by Crippen LogP contribution is -2.28. The van der Waals surface area contributed by atoms with E-state index < -0.39 is 0 Å². The maximum atomic E-state index is 11.5. The SMILES string of the molecule is CCOCCn1nc(-c2c[nH]c3ccccc23)nc1C[C@H]1CCC(=O)N1. The van der Waals surface area contributed by atoms with Gasteiger partial charge in [0.15, 0.2) is 5.82 Å². The summed E-state index contributed by atoms with van der Waals surface area (Å²) in [7, 11) is 0. The molecule has 1 saturated heterocycles. The third-order valence-electron chi connectivity index (χ3n) is 4.74. The molecule has 136 valence electrons. The first-order valence-corrected chi connectivity index (χ1v) is 9.12. The standard InChI is InChI=1S/C19H23N5O2/c1-2-26-10-9-24-17(11-13-7-8-18(25)21-13)22-19(23-24)15-12-20-16-6-4-3-5-14(15)16/h3-6,12-13,20H,2,7-11H2,1H3,(H,21,25)/t13-/m1/s1. The Morgan fingerprint density at radius 3 is 3.04 bits per heavy atom. The van der Waals surface area contributed by atoms with Gasteiger partial charge in [0.2, 0.25) is 5.91 Å². The predicted octanol–water partition coefficient (Wildman–Crippen LogP) is 2.28. The smallest absolute Gasteiger partial charge is 0.220 e. The Labute approximate surface area is 151 Å². The van der Waals surface area contributed by atoms with Crippen molar-refractivity contribution in [2.24, 2.45) is 0 Å². The molecule has 0 unspecified atom stereocenters. The number of ether oxygens (including phenoxy) is 1. The second kappa shape index (κ2) is 7.29. The van der Waals surface area contributed by atoms with Crippen molar-refractivity contribution >= 4 is 16.8 Å². The summed E-state index contributed by atoms with van der Waals surface area (Å²) in [6.45, 7) is 3.90. The van der Waals surface area contributed by atoms with E-state index in [9.17, 15) is 4.79 Å². The molecule has 1 aliphatic heterocycles. The zero-order chi connectivity index (χ0) is 17.9. The molecule has 7 heteroatoms. The van der Waals surface area contributed by atoms with Gasteiger partial charge in [-0.25, -0.2) is 9.67 Å². The second-order valence-corrected chi connectivity index (χ2v) is 6.53. The van der Waals surface area contributed by atoms with Gasteiger partial charge in [0.25, 0.3) is 0 Å². The highest BCUT2D eigenvalue weighted by Gasteiger charge is 2.24. The Morgan fingerprint density at radius 2 is 2.23 bits per heavy atom. The fourth-order valence-electron chi connectivity index (χ4n) is 3.42. The van der Waals surface area contributed by atoms with Gasteiger partial charge in [0, 0.05) is 48.2 Å². The van der Waals surface area contributed by atoms with Gasteiger partial charge in [-0.3, -0.25) is 4.79 Å². The Kier molecular flexibility index (Phi) is 4.71. The molecule has 3 heterocycles. The first-order chi connectivity index (χ1) is 12.7. The number of nitrogens with zero attached hydrogens (tertiary/aromatic N) is 3. The molecule has 2 aromatic heterocycles. The van der Waals surface area contributed by atoms with Crippen molar-refractivity contribution in [3.63, 3.8) is 0 Å². The lowest BCUT2D eigenvalue weighted by atomic mass is 10.1. The van der Waals surface area contributed by atoms with Crippen LogP contribution in [-0.2, 0) is 22.5 Å².